The summed E-state index contributed by atoms with van der Waals surface area (Å²) in [6.07, 6.45) is -0.186. The molecule has 0 aliphatic heterocycles. The molecular weight excluding hydrogens is 424 g/mol. The van der Waals surface area contributed by atoms with Gasteiger partial charge in [-0.25, -0.2) is 13.8 Å². The Balaban J connectivity index is 2.11. The molecule has 0 bridgehead atoms. The number of pyridine rings is 1. The van der Waals surface area contributed by atoms with Crippen LogP contribution in [-0.4, -0.2) is 22.7 Å². The van der Waals surface area contributed by atoms with E-state index in [1.54, 1.807) is 39.0 Å². The van der Waals surface area contributed by atoms with Gasteiger partial charge in [-0.1, -0.05) is 31.5 Å². The maximum absolute atomic E-state index is 13.1. The summed E-state index contributed by atoms with van der Waals surface area (Å²) in [5, 5.41) is 5.93. The predicted octanol–water partition coefficient (Wildman–Crippen LogP) is 5.72. The fourth-order valence-corrected chi connectivity index (χ4v) is 3.16. The number of halogens is 3. The molecule has 0 saturated carbocycles. The maximum atomic E-state index is 13.1. The molecule has 0 aliphatic rings. The Morgan fingerprint density at radius 3 is 2.42 bits per heavy atom. The maximum Gasteiger partial charge on any atom is 0.251 e. The van der Waals surface area contributed by atoms with Crippen LogP contribution in [0.1, 0.15) is 67.3 Å². The molecule has 2 aromatic rings. The number of nitrogens with one attached hydrogen (secondary N) is 2. The van der Waals surface area contributed by atoms with E-state index in [1.165, 1.54) is 6.07 Å². The summed E-state index contributed by atoms with van der Waals surface area (Å²) in [6.45, 7) is 8.07. The van der Waals surface area contributed by atoms with E-state index < -0.39 is 5.92 Å². The summed E-state index contributed by atoms with van der Waals surface area (Å²) in [6, 6.07) is 7.85. The molecule has 5 nitrogen and oxygen atoms in total. The number of hydrogen-bond acceptors (Lipinski definition) is 3. The van der Waals surface area contributed by atoms with E-state index in [1.807, 2.05) is 13.0 Å². The van der Waals surface area contributed by atoms with Crippen LogP contribution in [0.15, 0.2) is 30.3 Å². The molecule has 1 atom stereocenters. The van der Waals surface area contributed by atoms with Crippen molar-refractivity contribution in [2.24, 2.45) is 5.92 Å². The van der Waals surface area contributed by atoms with Gasteiger partial charge in [0.2, 0.25) is 11.8 Å². The normalized spacial score (nSPS) is 12.5. The van der Waals surface area contributed by atoms with Gasteiger partial charge in [0.15, 0.2) is 0 Å². The first-order valence-corrected chi connectivity index (χ1v) is 10.5. The lowest BCUT2D eigenvalue weighted by Gasteiger charge is -2.17. The summed E-state index contributed by atoms with van der Waals surface area (Å²) in [5.41, 5.74) is 2.40. The van der Waals surface area contributed by atoms with Gasteiger partial charge in [0.1, 0.15) is 5.82 Å². The standard InChI is InChI=1S/C23H28ClF2N3O2/c1-13(2)21(30)29-20-12-18(10-14(3)27-20)15(4)28-22(31)17-7-6-16(19(24)11-17)8-9-23(5,25)26/h6-7,10-13,15H,8-9H2,1-5H3,(H,28,31)(H,27,29,30). The van der Waals surface area contributed by atoms with E-state index >= 15 is 0 Å². The van der Waals surface area contributed by atoms with Gasteiger partial charge in [0.25, 0.3) is 5.91 Å². The molecule has 0 radical (unpaired) electrons. The minimum absolute atomic E-state index is 0.127. The molecule has 8 heteroatoms. The van der Waals surface area contributed by atoms with Gasteiger partial charge >= 0.3 is 0 Å². The molecule has 2 amide bonds. The number of carbonyl (C=O) groups excluding carboxylic acids is 2. The first-order chi connectivity index (χ1) is 14.4. The molecular formula is C23H28ClF2N3O2. The number of aromatic nitrogens is 1. The van der Waals surface area contributed by atoms with Crippen LogP contribution in [0.2, 0.25) is 5.02 Å². The largest absolute Gasteiger partial charge is 0.346 e. The highest BCUT2D eigenvalue weighted by Gasteiger charge is 2.21. The van der Waals surface area contributed by atoms with E-state index in [4.69, 9.17) is 11.6 Å². The van der Waals surface area contributed by atoms with Gasteiger partial charge in [-0.05, 0) is 62.6 Å². The lowest BCUT2D eigenvalue weighted by Crippen LogP contribution is -2.27. The number of anilines is 1. The van der Waals surface area contributed by atoms with E-state index in [9.17, 15) is 18.4 Å². The van der Waals surface area contributed by atoms with Crippen molar-refractivity contribution < 1.29 is 18.4 Å². The van der Waals surface area contributed by atoms with E-state index in [0.29, 0.717) is 22.6 Å². The van der Waals surface area contributed by atoms with Gasteiger partial charge in [0, 0.05) is 28.6 Å². The predicted molar refractivity (Wildman–Crippen MR) is 119 cm³/mol. The van der Waals surface area contributed by atoms with Crippen molar-refractivity contribution in [1.82, 2.24) is 10.3 Å². The van der Waals surface area contributed by atoms with Crippen LogP contribution in [-0.2, 0) is 11.2 Å². The van der Waals surface area contributed by atoms with Crippen LogP contribution in [0.25, 0.3) is 0 Å². The van der Waals surface area contributed by atoms with Crippen molar-refractivity contribution in [3.63, 3.8) is 0 Å². The molecule has 2 N–H and O–H groups in total. The fourth-order valence-electron chi connectivity index (χ4n) is 2.89. The number of rotatable bonds is 8. The zero-order chi connectivity index (χ0) is 23.3. The van der Waals surface area contributed by atoms with Crippen molar-refractivity contribution in [1.29, 1.82) is 0 Å². The zero-order valence-corrected chi connectivity index (χ0v) is 19.1. The van der Waals surface area contributed by atoms with Crippen LogP contribution in [0.5, 0.6) is 0 Å². The fraction of sp³-hybridized carbons (Fsp3) is 0.435. The van der Waals surface area contributed by atoms with Crippen LogP contribution >= 0.6 is 11.6 Å². The second kappa shape index (κ2) is 10.2. The van der Waals surface area contributed by atoms with Gasteiger partial charge in [-0.15, -0.1) is 0 Å². The highest BCUT2D eigenvalue weighted by atomic mass is 35.5. The number of nitrogens with zero attached hydrogens (tertiary/aromatic N) is 1. The Labute approximate surface area is 186 Å². The van der Waals surface area contributed by atoms with Crippen LogP contribution in [0.3, 0.4) is 0 Å². The number of alkyl halides is 2. The third kappa shape index (κ3) is 7.58. The van der Waals surface area contributed by atoms with Crippen LogP contribution in [0.4, 0.5) is 14.6 Å². The SMILES string of the molecule is Cc1cc(C(C)NC(=O)c2ccc(CCC(C)(F)F)c(Cl)c2)cc(NC(=O)C(C)C)n1. The van der Waals surface area contributed by atoms with Gasteiger partial charge in [0.05, 0.1) is 6.04 Å². The Morgan fingerprint density at radius 1 is 1.16 bits per heavy atom. The summed E-state index contributed by atoms with van der Waals surface area (Å²) in [5.74, 6) is -3.01. The van der Waals surface area contributed by atoms with Crippen molar-refractivity contribution in [2.75, 3.05) is 5.32 Å². The number of aryl methyl sites for hydroxylation is 2. The smallest absolute Gasteiger partial charge is 0.251 e. The molecule has 0 spiro atoms. The molecule has 0 aliphatic carbocycles. The Bertz CT molecular complexity index is 958. The third-order valence-electron chi connectivity index (χ3n) is 4.75. The van der Waals surface area contributed by atoms with Gasteiger partial charge in [-0.3, -0.25) is 9.59 Å². The molecule has 1 heterocycles. The summed E-state index contributed by atoms with van der Waals surface area (Å²) < 4.78 is 26.2. The van der Waals surface area contributed by atoms with E-state index in [-0.39, 0.29) is 41.6 Å². The van der Waals surface area contributed by atoms with Crippen molar-refractivity contribution in [2.45, 2.75) is 59.4 Å². The summed E-state index contributed by atoms with van der Waals surface area (Å²) in [7, 11) is 0. The Morgan fingerprint density at radius 2 is 1.84 bits per heavy atom. The first-order valence-electron chi connectivity index (χ1n) is 10.1. The lowest BCUT2D eigenvalue weighted by atomic mass is 10.0. The van der Waals surface area contributed by atoms with E-state index in [0.717, 1.165) is 12.5 Å². The first kappa shape index (κ1) is 24.7. The Hall–Kier alpha value is -2.54. The molecule has 168 valence electrons. The number of carbonyl (C=O) groups is 2. The monoisotopic (exact) mass is 451 g/mol. The topological polar surface area (TPSA) is 71.1 Å². The minimum atomic E-state index is -2.77. The number of benzene rings is 1. The molecule has 0 saturated heterocycles. The third-order valence-corrected chi connectivity index (χ3v) is 5.10. The lowest BCUT2D eigenvalue weighted by molar-refractivity contribution is -0.118. The molecule has 2 rings (SSSR count). The quantitative estimate of drug-likeness (QED) is 0.539. The van der Waals surface area contributed by atoms with Crippen molar-refractivity contribution >= 4 is 29.2 Å². The Kier molecular flexibility index (Phi) is 8.12. The van der Waals surface area contributed by atoms with Crippen LogP contribution in [0, 0.1) is 12.8 Å². The number of amides is 2. The van der Waals surface area contributed by atoms with Gasteiger partial charge in [-0.2, -0.15) is 0 Å². The molecule has 1 aromatic carbocycles. The zero-order valence-electron chi connectivity index (χ0n) is 18.4. The molecule has 1 aromatic heterocycles. The van der Waals surface area contributed by atoms with Crippen molar-refractivity contribution in [3.05, 3.63) is 57.7 Å². The summed E-state index contributed by atoms with van der Waals surface area (Å²) in [4.78, 5) is 28.9. The van der Waals surface area contributed by atoms with Gasteiger partial charge < -0.3 is 10.6 Å². The van der Waals surface area contributed by atoms with Crippen molar-refractivity contribution in [3.8, 4) is 0 Å². The second-order valence-electron chi connectivity index (χ2n) is 8.14. The molecule has 31 heavy (non-hydrogen) atoms. The number of hydrogen-bond donors (Lipinski definition) is 2. The van der Waals surface area contributed by atoms with Crippen LogP contribution < -0.4 is 10.6 Å². The highest BCUT2D eigenvalue weighted by molar-refractivity contribution is 6.31. The second-order valence-corrected chi connectivity index (χ2v) is 8.55. The molecule has 1 unspecified atom stereocenters. The average molecular weight is 452 g/mol. The van der Waals surface area contributed by atoms with E-state index in [2.05, 4.69) is 15.6 Å². The highest BCUT2D eigenvalue weighted by Crippen LogP contribution is 2.25. The average Bonchev–Trinajstić information content (AvgIpc) is 2.65. The summed E-state index contributed by atoms with van der Waals surface area (Å²) >= 11 is 6.20. The minimum Gasteiger partial charge on any atom is -0.346 e. The molecule has 0 fully saturated rings.